The maximum Gasteiger partial charge on any atom is 0.259 e. The Labute approximate surface area is 191 Å². The maximum atomic E-state index is 13.6. The van der Waals surface area contributed by atoms with Crippen molar-refractivity contribution >= 4 is 17.0 Å². The van der Waals surface area contributed by atoms with Gasteiger partial charge in [0.2, 0.25) is 0 Å². The number of nitrogens with one attached hydrogen (secondary N) is 1. The third kappa shape index (κ3) is 3.97. The highest BCUT2D eigenvalue weighted by Gasteiger charge is 2.30. The molecule has 1 aromatic carbocycles. The molecular weight excluding hydrogens is 418 g/mol. The van der Waals surface area contributed by atoms with Gasteiger partial charge in [-0.3, -0.25) is 9.48 Å². The normalized spacial score (nSPS) is 14.4. The monoisotopic (exact) mass is 445 g/mol. The number of carbonyl (C=O) groups excluding carboxylic acids is 1. The summed E-state index contributed by atoms with van der Waals surface area (Å²) < 4.78 is 12.8. The fraction of sp³-hybridized carbons (Fsp3) is 0.360. The lowest BCUT2D eigenvalue weighted by atomic mass is 10.0. The minimum Gasteiger partial charge on any atom is -0.497 e. The van der Waals surface area contributed by atoms with Gasteiger partial charge in [-0.25, -0.2) is 4.98 Å². The summed E-state index contributed by atoms with van der Waals surface area (Å²) in [5.74, 6) is 0.937. The second kappa shape index (κ2) is 8.35. The molecule has 3 aromatic heterocycles. The van der Waals surface area contributed by atoms with Crippen LogP contribution in [0.25, 0.3) is 22.4 Å². The summed E-state index contributed by atoms with van der Waals surface area (Å²) in [6.45, 7) is 6.75. The summed E-state index contributed by atoms with van der Waals surface area (Å²) in [5.41, 5.74) is 5.13. The van der Waals surface area contributed by atoms with Gasteiger partial charge in [0.15, 0.2) is 0 Å². The molecule has 1 unspecified atom stereocenters. The zero-order chi connectivity index (χ0) is 23.1. The van der Waals surface area contributed by atoms with Gasteiger partial charge in [0.25, 0.3) is 11.6 Å². The van der Waals surface area contributed by atoms with Crippen molar-refractivity contribution in [2.75, 3.05) is 7.11 Å². The molecule has 0 radical (unpaired) electrons. The second-order valence-corrected chi connectivity index (χ2v) is 8.53. The Morgan fingerprint density at radius 2 is 2.06 bits per heavy atom. The maximum absolute atomic E-state index is 13.6. The lowest BCUT2D eigenvalue weighted by molar-refractivity contribution is 0.0941. The van der Waals surface area contributed by atoms with E-state index in [9.17, 15) is 4.79 Å². The highest BCUT2D eigenvalue weighted by atomic mass is 16.5. The Kier molecular flexibility index (Phi) is 5.36. The average molecular weight is 446 g/mol. The van der Waals surface area contributed by atoms with Gasteiger partial charge in [0, 0.05) is 35.5 Å². The molecule has 0 spiro atoms. The van der Waals surface area contributed by atoms with Crippen LogP contribution in [0, 0.1) is 6.92 Å². The minimum absolute atomic E-state index is 0.182. The zero-order valence-electron chi connectivity index (χ0n) is 19.3. The van der Waals surface area contributed by atoms with E-state index in [1.807, 2.05) is 62.0 Å². The van der Waals surface area contributed by atoms with Gasteiger partial charge in [-0.1, -0.05) is 5.16 Å². The molecule has 33 heavy (non-hydrogen) atoms. The van der Waals surface area contributed by atoms with Crippen molar-refractivity contribution < 1.29 is 14.1 Å². The predicted octanol–water partition coefficient (Wildman–Crippen LogP) is 4.79. The Balaban J connectivity index is 1.55. The average Bonchev–Trinajstić information content (AvgIpc) is 3.48. The minimum atomic E-state index is -0.199. The first-order valence-electron chi connectivity index (χ1n) is 11.3. The SMILES string of the molecule is CCn1cc(C(C)NC(=O)c2cc(C3CC3)nc3onc(-c4ccc(OC)cc4)c23)c(C)n1. The van der Waals surface area contributed by atoms with Crippen LogP contribution in [0.1, 0.15) is 66.0 Å². The number of rotatable bonds is 7. The largest absolute Gasteiger partial charge is 0.497 e. The van der Waals surface area contributed by atoms with Crippen LogP contribution >= 0.6 is 0 Å². The molecule has 0 aliphatic heterocycles. The van der Waals surface area contributed by atoms with E-state index in [1.165, 1.54) is 0 Å². The molecule has 1 atom stereocenters. The van der Waals surface area contributed by atoms with Crippen molar-refractivity contribution in [3.8, 4) is 17.0 Å². The van der Waals surface area contributed by atoms with E-state index in [-0.39, 0.29) is 11.9 Å². The molecule has 1 amide bonds. The number of benzene rings is 1. The molecule has 5 rings (SSSR count). The van der Waals surface area contributed by atoms with E-state index < -0.39 is 0 Å². The number of hydrogen-bond acceptors (Lipinski definition) is 6. The number of aryl methyl sites for hydroxylation is 2. The van der Waals surface area contributed by atoms with Crippen LogP contribution in [0.5, 0.6) is 5.75 Å². The molecule has 170 valence electrons. The van der Waals surface area contributed by atoms with Gasteiger partial charge < -0.3 is 14.6 Å². The molecule has 3 heterocycles. The first kappa shape index (κ1) is 21.2. The summed E-state index contributed by atoms with van der Waals surface area (Å²) >= 11 is 0. The van der Waals surface area contributed by atoms with Crippen molar-refractivity contribution in [3.63, 3.8) is 0 Å². The van der Waals surface area contributed by atoms with Crippen LogP contribution < -0.4 is 10.1 Å². The Bertz CT molecular complexity index is 1320. The second-order valence-electron chi connectivity index (χ2n) is 8.53. The molecule has 1 aliphatic rings. The number of amides is 1. The van der Waals surface area contributed by atoms with E-state index >= 15 is 0 Å². The van der Waals surface area contributed by atoms with Gasteiger partial charge in [-0.05, 0) is 63.9 Å². The summed E-state index contributed by atoms with van der Waals surface area (Å²) in [7, 11) is 1.62. The van der Waals surface area contributed by atoms with Crippen molar-refractivity contribution in [2.45, 2.75) is 52.1 Å². The van der Waals surface area contributed by atoms with E-state index in [4.69, 9.17) is 9.26 Å². The molecule has 1 fully saturated rings. The lowest BCUT2D eigenvalue weighted by Gasteiger charge is -2.14. The van der Waals surface area contributed by atoms with Gasteiger partial charge in [-0.15, -0.1) is 0 Å². The fourth-order valence-corrected chi connectivity index (χ4v) is 4.16. The predicted molar refractivity (Wildman–Crippen MR) is 124 cm³/mol. The van der Waals surface area contributed by atoms with Gasteiger partial charge in [0.05, 0.1) is 29.8 Å². The Morgan fingerprint density at radius 3 is 2.70 bits per heavy atom. The first-order chi connectivity index (χ1) is 16.0. The molecule has 0 bridgehead atoms. The summed E-state index contributed by atoms with van der Waals surface area (Å²) in [6, 6.07) is 9.22. The van der Waals surface area contributed by atoms with Crippen LogP contribution in [0.4, 0.5) is 0 Å². The van der Waals surface area contributed by atoms with Crippen molar-refractivity contribution in [2.24, 2.45) is 0 Å². The van der Waals surface area contributed by atoms with Gasteiger partial charge >= 0.3 is 0 Å². The van der Waals surface area contributed by atoms with Gasteiger partial charge in [0.1, 0.15) is 11.4 Å². The van der Waals surface area contributed by atoms with Crippen LogP contribution in [0.3, 0.4) is 0 Å². The number of aromatic nitrogens is 4. The van der Waals surface area contributed by atoms with E-state index in [2.05, 4.69) is 20.6 Å². The first-order valence-corrected chi connectivity index (χ1v) is 11.3. The molecule has 1 N–H and O–H groups in total. The number of pyridine rings is 1. The van der Waals surface area contributed by atoms with Crippen LogP contribution in [-0.4, -0.2) is 32.9 Å². The quantitative estimate of drug-likeness (QED) is 0.439. The van der Waals surface area contributed by atoms with Crippen LogP contribution in [0.15, 0.2) is 41.1 Å². The summed E-state index contributed by atoms with van der Waals surface area (Å²) in [6.07, 6.45) is 4.13. The van der Waals surface area contributed by atoms with E-state index in [0.717, 1.165) is 47.7 Å². The Hall–Kier alpha value is -3.68. The number of hydrogen-bond donors (Lipinski definition) is 1. The lowest BCUT2D eigenvalue weighted by Crippen LogP contribution is -2.27. The number of methoxy groups -OCH3 is 1. The van der Waals surface area contributed by atoms with Crippen molar-refractivity contribution in [3.05, 3.63) is 59.0 Å². The molecule has 8 heteroatoms. The number of carbonyl (C=O) groups is 1. The summed E-state index contributed by atoms with van der Waals surface area (Å²) in [5, 5.41) is 12.6. The number of nitrogens with zero attached hydrogens (tertiary/aromatic N) is 4. The molecule has 1 aliphatic carbocycles. The number of ether oxygens (including phenoxy) is 1. The third-order valence-corrected chi connectivity index (χ3v) is 6.19. The fourth-order valence-electron chi connectivity index (χ4n) is 4.16. The highest BCUT2D eigenvalue weighted by Crippen LogP contribution is 2.41. The molecule has 1 saturated carbocycles. The van der Waals surface area contributed by atoms with Crippen molar-refractivity contribution in [1.82, 2.24) is 25.2 Å². The molecular formula is C25H27N5O3. The third-order valence-electron chi connectivity index (χ3n) is 6.19. The highest BCUT2D eigenvalue weighted by molar-refractivity contribution is 6.09. The molecule has 8 nitrogen and oxygen atoms in total. The van der Waals surface area contributed by atoms with Gasteiger partial charge in [-0.2, -0.15) is 5.10 Å². The van der Waals surface area contributed by atoms with E-state index in [0.29, 0.717) is 28.3 Å². The zero-order valence-corrected chi connectivity index (χ0v) is 19.3. The standard InChI is InChI=1S/C25H27N5O3/c1-5-30-13-20(15(3)28-30)14(2)26-24(31)19-12-21(16-6-7-16)27-25-22(19)23(29-33-25)17-8-10-18(32-4)11-9-17/h8-14,16H,5-7H2,1-4H3,(H,26,31). The van der Waals surface area contributed by atoms with E-state index in [1.54, 1.807) is 7.11 Å². The summed E-state index contributed by atoms with van der Waals surface area (Å²) in [4.78, 5) is 18.2. The van der Waals surface area contributed by atoms with Crippen LogP contribution in [-0.2, 0) is 6.54 Å². The molecule has 4 aromatic rings. The van der Waals surface area contributed by atoms with Crippen LogP contribution in [0.2, 0.25) is 0 Å². The molecule has 0 saturated heterocycles. The topological polar surface area (TPSA) is 95.1 Å². The Morgan fingerprint density at radius 1 is 1.30 bits per heavy atom. The number of fused-ring (bicyclic) bond motifs is 1. The van der Waals surface area contributed by atoms with Crippen molar-refractivity contribution in [1.29, 1.82) is 0 Å². The smallest absolute Gasteiger partial charge is 0.259 e.